The van der Waals surface area contributed by atoms with Gasteiger partial charge in [0.25, 0.3) is 5.91 Å². The maximum atomic E-state index is 12.2. The van der Waals surface area contributed by atoms with Gasteiger partial charge in [0.15, 0.2) is 5.82 Å². The molecule has 2 aromatic heterocycles. The molecule has 24 heavy (non-hydrogen) atoms. The van der Waals surface area contributed by atoms with E-state index in [4.69, 9.17) is 0 Å². The van der Waals surface area contributed by atoms with E-state index in [2.05, 4.69) is 20.1 Å². The molecule has 7 heteroatoms. The zero-order valence-corrected chi connectivity index (χ0v) is 12.8. The molecule has 0 bridgehead atoms. The minimum absolute atomic E-state index is 0.291. The zero-order valence-electron chi connectivity index (χ0n) is 12.8. The van der Waals surface area contributed by atoms with Gasteiger partial charge in [0.1, 0.15) is 0 Å². The average molecular weight is 322 g/mol. The van der Waals surface area contributed by atoms with Crippen LogP contribution in [0.2, 0.25) is 0 Å². The van der Waals surface area contributed by atoms with Crippen molar-refractivity contribution < 1.29 is 14.3 Å². The van der Waals surface area contributed by atoms with Gasteiger partial charge in [-0.1, -0.05) is 0 Å². The first-order valence-corrected chi connectivity index (χ1v) is 7.13. The summed E-state index contributed by atoms with van der Waals surface area (Å²) in [6.45, 7) is 0. The minimum Gasteiger partial charge on any atom is -0.465 e. The van der Waals surface area contributed by atoms with Crippen LogP contribution in [0.3, 0.4) is 0 Å². The van der Waals surface area contributed by atoms with Crippen LogP contribution in [-0.4, -0.2) is 33.8 Å². The summed E-state index contributed by atoms with van der Waals surface area (Å²) < 4.78 is 6.23. The highest BCUT2D eigenvalue weighted by atomic mass is 16.5. The van der Waals surface area contributed by atoms with Crippen molar-refractivity contribution in [3.05, 3.63) is 72.2 Å². The molecule has 0 saturated heterocycles. The number of carbonyl (C=O) groups is 2. The lowest BCUT2D eigenvalue weighted by Gasteiger charge is -2.07. The quantitative estimate of drug-likeness (QED) is 0.745. The van der Waals surface area contributed by atoms with Crippen molar-refractivity contribution >= 4 is 17.6 Å². The number of nitrogens with zero attached hydrogens (tertiary/aromatic N) is 3. The SMILES string of the molecule is COC(=O)c1ccc(NC(=O)c2ccc(-n3cccn3)nc2)cc1. The Hall–Kier alpha value is -3.48. The van der Waals surface area contributed by atoms with Crippen molar-refractivity contribution in [1.82, 2.24) is 14.8 Å². The van der Waals surface area contributed by atoms with Crippen LogP contribution in [0.5, 0.6) is 0 Å². The largest absolute Gasteiger partial charge is 0.465 e. The number of ether oxygens (including phenoxy) is 1. The molecule has 0 spiro atoms. The Morgan fingerprint density at radius 2 is 1.83 bits per heavy atom. The zero-order chi connectivity index (χ0) is 16.9. The summed E-state index contributed by atoms with van der Waals surface area (Å²) in [5.74, 6) is -0.0920. The van der Waals surface area contributed by atoms with Gasteiger partial charge in [0.2, 0.25) is 0 Å². The van der Waals surface area contributed by atoms with Gasteiger partial charge in [-0.25, -0.2) is 14.5 Å². The van der Waals surface area contributed by atoms with Crippen LogP contribution in [0.25, 0.3) is 5.82 Å². The number of hydrogen-bond donors (Lipinski definition) is 1. The third-order valence-corrected chi connectivity index (χ3v) is 3.31. The van der Waals surface area contributed by atoms with Crippen molar-refractivity contribution in [3.8, 4) is 5.82 Å². The number of pyridine rings is 1. The van der Waals surface area contributed by atoms with Crippen molar-refractivity contribution in [2.75, 3.05) is 12.4 Å². The highest BCUT2D eigenvalue weighted by molar-refractivity contribution is 6.04. The molecular formula is C17H14N4O3. The summed E-state index contributed by atoms with van der Waals surface area (Å²) in [6, 6.07) is 11.6. The first-order valence-electron chi connectivity index (χ1n) is 7.13. The van der Waals surface area contributed by atoms with E-state index in [0.29, 0.717) is 22.6 Å². The highest BCUT2D eigenvalue weighted by Crippen LogP contribution is 2.12. The minimum atomic E-state index is -0.425. The second kappa shape index (κ2) is 6.74. The van der Waals surface area contributed by atoms with E-state index >= 15 is 0 Å². The molecule has 0 aliphatic rings. The number of anilines is 1. The Bertz CT molecular complexity index is 841. The molecule has 1 aromatic carbocycles. The molecule has 0 radical (unpaired) electrons. The Morgan fingerprint density at radius 1 is 1.08 bits per heavy atom. The molecule has 7 nitrogen and oxygen atoms in total. The first-order chi connectivity index (χ1) is 11.7. The van der Waals surface area contributed by atoms with E-state index in [-0.39, 0.29) is 5.91 Å². The Balaban J connectivity index is 1.69. The van der Waals surface area contributed by atoms with Gasteiger partial charge in [-0.2, -0.15) is 5.10 Å². The fourth-order valence-electron chi connectivity index (χ4n) is 2.07. The number of amides is 1. The number of rotatable bonds is 4. The number of hydrogen-bond acceptors (Lipinski definition) is 5. The van der Waals surface area contributed by atoms with E-state index in [1.165, 1.54) is 13.3 Å². The summed E-state index contributed by atoms with van der Waals surface area (Å²) in [4.78, 5) is 27.8. The molecule has 0 fully saturated rings. The number of benzene rings is 1. The summed E-state index contributed by atoms with van der Waals surface area (Å²) in [7, 11) is 1.32. The third-order valence-electron chi connectivity index (χ3n) is 3.31. The monoisotopic (exact) mass is 322 g/mol. The number of methoxy groups -OCH3 is 1. The normalized spacial score (nSPS) is 10.2. The fourth-order valence-corrected chi connectivity index (χ4v) is 2.07. The summed E-state index contributed by atoms with van der Waals surface area (Å²) in [5, 5.41) is 6.82. The van der Waals surface area contributed by atoms with Gasteiger partial charge in [-0.15, -0.1) is 0 Å². The van der Waals surface area contributed by atoms with Crippen LogP contribution in [-0.2, 0) is 4.74 Å². The second-order valence-corrected chi connectivity index (χ2v) is 4.88. The van der Waals surface area contributed by atoms with E-state index in [9.17, 15) is 9.59 Å². The van der Waals surface area contributed by atoms with Crippen LogP contribution in [0.15, 0.2) is 61.1 Å². The van der Waals surface area contributed by atoms with Crippen LogP contribution < -0.4 is 5.32 Å². The summed E-state index contributed by atoms with van der Waals surface area (Å²) >= 11 is 0. The molecule has 2 heterocycles. The topological polar surface area (TPSA) is 86.1 Å². The Labute approximate surface area is 137 Å². The molecular weight excluding hydrogens is 308 g/mol. The lowest BCUT2D eigenvalue weighted by molar-refractivity contribution is 0.0600. The lowest BCUT2D eigenvalue weighted by atomic mass is 10.2. The number of carbonyl (C=O) groups excluding carboxylic acids is 2. The molecule has 0 unspecified atom stereocenters. The van der Waals surface area contributed by atoms with Crippen LogP contribution in [0.1, 0.15) is 20.7 Å². The highest BCUT2D eigenvalue weighted by Gasteiger charge is 2.09. The standard InChI is InChI=1S/C17H14N4O3/c1-24-17(23)12-3-6-14(7-4-12)20-16(22)13-5-8-15(18-11-13)21-10-2-9-19-21/h2-11H,1H3,(H,20,22). The smallest absolute Gasteiger partial charge is 0.337 e. The van der Waals surface area contributed by atoms with Crippen LogP contribution in [0, 0.1) is 0 Å². The van der Waals surface area contributed by atoms with E-state index < -0.39 is 5.97 Å². The average Bonchev–Trinajstić information content (AvgIpc) is 3.16. The van der Waals surface area contributed by atoms with Gasteiger partial charge in [0, 0.05) is 24.3 Å². The predicted molar refractivity (Wildman–Crippen MR) is 87.1 cm³/mol. The van der Waals surface area contributed by atoms with Crippen molar-refractivity contribution in [2.45, 2.75) is 0 Å². The van der Waals surface area contributed by atoms with Gasteiger partial charge in [-0.05, 0) is 42.5 Å². The summed E-state index contributed by atoms with van der Waals surface area (Å²) in [6.07, 6.45) is 4.90. The number of esters is 1. The fraction of sp³-hybridized carbons (Fsp3) is 0.0588. The molecule has 0 atom stereocenters. The lowest BCUT2D eigenvalue weighted by Crippen LogP contribution is -2.13. The molecule has 0 aliphatic carbocycles. The van der Waals surface area contributed by atoms with E-state index in [0.717, 1.165) is 0 Å². The summed E-state index contributed by atoms with van der Waals surface area (Å²) in [5.41, 5.74) is 1.41. The number of nitrogens with one attached hydrogen (secondary N) is 1. The van der Waals surface area contributed by atoms with Gasteiger partial charge in [0.05, 0.1) is 18.2 Å². The molecule has 0 saturated carbocycles. The van der Waals surface area contributed by atoms with Gasteiger partial charge >= 0.3 is 5.97 Å². The van der Waals surface area contributed by atoms with Gasteiger partial charge < -0.3 is 10.1 Å². The first kappa shape index (κ1) is 15.4. The molecule has 1 amide bonds. The molecule has 120 valence electrons. The van der Waals surface area contributed by atoms with Crippen LogP contribution >= 0.6 is 0 Å². The maximum Gasteiger partial charge on any atom is 0.337 e. The predicted octanol–water partition coefficient (Wildman–Crippen LogP) is 2.31. The van der Waals surface area contributed by atoms with Crippen LogP contribution in [0.4, 0.5) is 5.69 Å². The molecule has 3 aromatic rings. The molecule has 1 N–H and O–H groups in total. The van der Waals surface area contributed by atoms with Crippen molar-refractivity contribution in [2.24, 2.45) is 0 Å². The molecule has 0 aliphatic heterocycles. The maximum absolute atomic E-state index is 12.2. The molecule has 3 rings (SSSR count). The Kier molecular flexibility index (Phi) is 4.33. The second-order valence-electron chi connectivity index (χ2n) is 4.88. The number of aromatic nitrogens is 3. The van der Waals surface area contributed by atoms with Gasteiger partial charge in [-0.3, -0.25) is 4.79 Å². The van der Waals surface area contributed by atoms with E-state index in [1.54, 1.807) is 59.5 Å². The Morgan fingerprint density at radius 3 is 2.42 bits per heavy atom. The third kappa shape index (κ3) is 3.30. The van der Waals surface area contributed by atoms with E-state index in [1.807, 2.05) is 0 Å². The van der Waals surface area contributed by atoms with Crippen molar-refractivity contribution in [3.63, 3.8) is 0 Å². The van der Waals surface area contributed by atoms with Crippen molar-refractivity contribution in [1.29, 1.82) is 0 Å².